The molecule has 0 bridgehead atoms. The Kier molecular flexibility index (Phi) is 11.9. The maximum absolute atomic E-state index is 13.9. The lowest BCUT2D eigenvalue weighted by atomic mass is 9.87. The van der Waals surface area contributed by atoms with E-state index in [0.29, 0.717) is 37.6 Å². The molecule has 2 amide bonds. The van der Waals surface area contributed by atoms with E-state index in [2.05, 4.69) is 27.9 Å². The van der Waals surface area contributed by atoms with Gasteiger partial charge in [-0.15, -0.1) is 0 Å². The van der Waals surface area contributed by atoms with Crippen molar-refractivity contribution in [2.24, 2.45) is 5.92 Å². The minimum atomic E-state index is -1.17. The predicted octanol–water partition coefficient (Wildman–Crippen LogP) is 3.97. The molecule has 2 aromatic rings. The Bertz CT molecular complexity index is 1270. The number of hydrogen-bond acceptors (Lipinski definition) is 7. The average Bonchev–Trinajstić information content (AvgIpc) is 3.50. The van der Waals surface area contributed by atoms with Crippen molar-refractivity contribution in [3.63, 3.8) is 0 Å². The highest BCUT2D eigenvalue weighted by atomic mass is 127. The number of ether oxygens (including phenoxy) is 2. The number of amides is 2. The molecular weight excluding hydrogens is 675 g/mol. The van der Waals surface area contributed by atoms with Gasteiger partial charge in [0.1, 0.15) is 12.2 Å². The van der Waals surface area contributed by atoms with Crippen LogP contribution in [-0.4, -0.2) is 70.5 Å². The van der Waals surface area contributed by atoms with Gasteiger partial charge in [-0.05, 0) is 82.8 Å². The second kappa shape index (κ2) is 15.4. The Labute approximate surface area is 265 Å². The molecule has 3 unspecified atom stereocenters. The highest BCUT2D eigenvalue weighted by Crippen LogP contribution is 2.38. The van der Waals surface area contributed by atoms with Crippen LogP contribution in [0.2, 0.25) is 5.02 Å². The maximum atomic E-state index is 13.9. The standard InChI is InChI=1S/C31H38ClIN2O7/c1-41-27-13-21(18-37)12-24(33)30(27)42-26-16-22(31(40)34-10-11-36)15-25(29(26)39)35(17-20-6-8-23(32)9-7-20)28(38)14-19-4-2-3-5-19/h6-9,12-13,16,19,25-26,29,36-37,39H,2-5,10-11,14-15,17-18H2,1H3,(H,34,40). The summed E-state index contributed by atoms with van der Waals surface area (Å²) >= 11 is 8.18. The molecule has 0 aromatic heterocycles. The van der Waals surface area contributed by atoms with E-state index in [0.717, 1.165) is 31.2 Å². The molecule has 0 spiro atoms. The Morgan fingerprint density at radius 1 is 1.12 bits per heavy atom. The Hall–Kier alpha value is -2.38. The predicted molar refractivity (Wildman–Crippen MR) is 167 cm³/mol. The van der Waals surface area contributed by atoms with E-state index >= 15 is 0 Å². The number of halogens is 2. The molecule has 3 atom stereocenters. The van der Waals surface area contributed by atoms with Gasteiger partial charge in [0.2, 0.25) is 11.8 Å². The minimum absolute atomic E-state index is 0.0678. The van der Waals surface area contributed by atoms with Crippen molar-refractivity contribution in [2.75, 3.05) is 20.3 Å². The first-order valence-electron chi connectivity index (χ1n) is 14.2. The maximum Gasteiger partial charge on any atom is 0.247 e. The number of methoxy groups -OCH3 is 1. The summed E-state index contributed by atoms with van der Waals surface area (Å²) in [5.74, 6) is 0.526. The zero-order valence-corrected chi connectivity index (χ0v) is 26.5. The zero-order valence-electron chi connectivity index (χ0n) is 23.6. The molecule has 42 heavy (non-hydrogen) atoms. The number of aliphatic hydroxyl groups excluding tert-OH is 3. The first-order valence-corrected chi connectivity index (χ1v) is 15.6. The molecule has 0 saturated heterocycles. The highest BCUT2D eigenvalue weighted by molar-refractivity contribution is 14.1. The molecule has 2 aliphatic rings. The monoisotopic (exact) mass is 712 g/mol. The van der Waals surface area contributed by atoms with Crippen molar-refractivity contribution in [3.05, 3.63) is 67.8 Å². The summed E-state index contributed by atoms with van der Waals surface area (Å²) in [5.41, 5.74) is 1.83. The van der Waals surface area contributed by atoms with E-state index in [9.17, 15) is 24.9 Å². The molecule has 0 heterocycles. The molecule has 1 saturated carbocycles. The lowest BCUT2D eigenvalue weighted by Crippen LogP contribution is -2.55. The third-order valence-corrected chi connectivity index (χ3v) is 8.92. The number of nitrogens with zero attached hydrogens (tertiary/aromatic N) is 1. The zero-order chi connectivity index (χ0) is 30.2. The second-order valence-electron chi connectivity index (χ2n) is 10.8. The second-order valence-corrected chi connectivity index (χ2v) is 12.4. The van der Waals surface area contributed by atoms with E-state index in [4.69, 9.17) is 21.1 Å². The summed E-state index contributed by atoms with van der Waals surface area (Å²) in [6, 6.07) is 9.86. The van der Waals surface area contributed by atoms with E-state index in [1.165, 1.54) is 7.11 Å². The quantitative estimate of drug-likeness (QED) is 0.246. The number of rotatable bonds is 12. The summed E-state index contributed by atoms with van der Waals surface area (Å²) in [6.07, 6.45) is 4.09. The number of carbonyl (C=O) groups excluding carboxylic acids is 2. The van der Waals surface area contributed by atoms with Crippen LogP contribution >= 0.6 is 34.2 Å². The van der Waals surface area contributed by atoms with Gasteiger partial charge in [-0.25, -0.2) is 0 Å². The van der Waals surface area contributed by atoms with Crippen molar-refractivity contribution in [1.29, 1.82) is 0 Å². The van der Waals surface area contributed by atoms with Gasteiger partial charge in [0.05, 0.1) is 29.9 Å². The molecule has 228 valence electrons. The summed E-state index contributed by atoms with van der Waals surface area (Å²) in [6.45, 7) is -0.105. The highest BCUT2D eigenvalue weighted by Gasteiger charge is 2.41. The molecule has 1 fully saturated rings. The van der Waals surface area contributed by atoms with E-state index < -0.39 is 24.2 Å². The number of aliphatic hydroxyl groups is 3. The first-order chi connectivity index (χ1) is 20.2. The molecule has 4 rings (SSSR count). The third kappa shape index (κ3) is 8.16. The van der Waals surface area contributed by atoms with Crippen LogP contribution in [0, 0.1) is 9.49 Å². The number of carbonyl (C=O) groups is 2. The van der Waals surface area contributed by atoms with Crippen molar-refractivity contribution >= 4 is 46.0 Å². The Morgan fingerprint density at radius 3 is 2.48 bits per heavy atom. The van der Waals surface area contributed by atoms with Crippen LogP contribution < -0.4 is 14.8 Å². The lowest BCUT2D eigenvalue weighted by Gasteiger charge is -2.41. The topological polar surface area (TPSA) is 129 Å². The van der Waals surface area contributed by atoms with Crippen LogP contribution in [0.5, 0.6) is 11.5 Å². The number of nitrogens with one attached hydrogen (secondary N) is 1. The fourth-order valence-electron chi connectivity index (χ4n) is 5.65. The molecular formula is C31H38ClIN2O7. The van der Waals surface area contributed by atoms with Gasteiger partial charge in [-0.2, -0.15) is 0 Å². The van der Waals surface area contributed by atoms with Gasteiger partial charge in [0.25, 0.3) is 0 Å². The summed E-state index contributed by atoms with van der Waals surface area (Å²) in [5, 5.41) is 34.0. The van der Waals surface area contributed by atoms with E-state index in [1.807, 2.05) is 12.1 Å². The van der Waals surface area contributed by atoms with E-state index in [-0.39, 0.29) is 44.5 Å². The number of hydrogen-bond donors (Lipinski definition) is 4. The first kappa shape index (κ1) is 32.5. The molecule has 2 aliphatic carbocycles. The van der Waals surface area contributed by atoms with Gasteiger partial charge in [-0.3, -0.25) is 9.59 Å². The normalized spacial score (nSPS) is 20.6. The molecule has 2 aromatic carbocycles. The average molecular weight is 713 g/mol. The largest absolute Gasteiger partial charge is 0.493 e. The van der Waals surface area contributed by atoms with Crippen molar-refractivity contribution in [2.45, 2.75) is 69.9 Å². The Balaban J connectivity index is 1.71. The summed E-state index contributed by atoms with van der Waals surface area (Å²) in [4.78, 5) is 28.7. The molecule has 9 nitrogen and oxygen atoms in total. The fraction of sp³-hybridized carbons (Fsp3) is 0.484. The van der Waals surface area contributed by atoms with Gasteiger partial charge in [0, 0.05) is 36.5 Å². The number of benzene rings is 2. The van der Waals surface area contributed by atoms with Gasteiger partial charge in [0.15, 0.2) is 11.5 Å². The van der Waals surface area contributed by atoms with Crippen LogP contribution in [-0.2, 0) is 22.7 Å². The fourth-order valence-corrected chi connectivity index (χ4v) is 6.57. The smallest absolute Gasteiger partial charge is 0.247 e. The van der Waals surface area contributed by atoms with Crippen molar-refractivity contribution in [1.82, 2.24) is 10.2 Å². The van der Waals surface area contributed by atoms with Gasteiger partial charge in [-0.1, -0.05) is 36.6 Å². The SMILES string of the molecule is COc1cc(CO)cc(I)c1OC1C=C(C(=O)NCCO)CC(N(Cc2ccc(Cl)cc2)C(=O)CC2CCCC2)C1O. The minimum Gasteiger partial charge on any atom is -0.493 e. The van der Waals surface area contributed by atoms with Crippen molar-refractivity contribution in [3.8, 4) is 11.5 Å². The van der Waals surface area contributed by atoms with Gasteiger partial charge >= 0.3 is 0 Å². The summed E-state index contributed by atoms with van der Waals surface area (Å²) < 4.78 is 12.5. The molecule has 11 heteroatoms. The summed E-state index contributed by atoms with van der Waals surface area (Å²) in [7, 11) is 1.48. The third-order valence-electron chi connectivity index (χ3n) is 7.86. The van der Waals surface area contributed by atoms with Gasteiger partial charge < -0.3 is 35.0 Å². The van der Waals surface area contributed by atoms with Crippen LogP contribution in [0.25, 0.3) is 0 Å². The van der Waals surface area contributed by atoms with Crippen LogP contribution in [0.4, 0.5) is 0 Å². The van der Waals surface area contributed by atoms with Crippen LogP contribution in [0.1, 0.15) is 49.7 Å². The molecule has 0 aliphatic heterocycles. The van der Waals surface area contributed by atoms with Crippen molar-refractivity contribution < 1.29 is 34.4 Å². The van der Waals surface area contributed by atoms with E-state index in [1.54, 1.807) is 35.2 Å². The lowest BCUT2D eigenvalue weighted by molar-refractivity contribution is -0.140. The molecule has 4 N–H and O–H groups in total. The van der Waals surface area contributed by atoms with Crippen LogP contribution in [0.3, 0.4) is 0 Å². The van der Waals surface area contributed by atoms with Crippen LogP contribution in [0.15, 0.2) is 48.0 Å². The molecule has 0 radical (unpaired) electrons. The Morgan fingerprint density at radius 2 is 1.83 bits per heavy atom.